The predicted molar refractivity (Wildman–Crippen MR) is 104 cm³/mol. The van der Waals surface area contributed by atoms with Gasteiger partial charge in [0.1, 0.15) is 0 Å². The van der Waals surface area contributed by atoms with Gasteiger partial charge in [-0.1, -0.05) is 0 Å². The molecule has 2 aromatic rings. The van der Waals surface area contributed by atoms with Crippen LogP contribution in [-0.4, -0.2) is 8.07 Å². The van der Waals surface area contributed by atoms with Crippen molar-refractivity contribution in [2.24, 2.45) is 0 Å². The third-order valence-corrected chi connectivity index (χ3v) is 15.2. The Morgan fingerprint density at radius 2 is 1.22 bits per heavy atom. The summed E-state index contributed by atoms with van der Waals surface area (Å²) in [6.45, 7) is 0. The van der Waals surface area contributed by atoms with E-state index in [2.05, 4.69) is 85.0 Å². The first-order chi connectivity index (χ1) is 12.4. The zero-order valence-electron chi connectivity index (χ0n) is 15.0. The monoisotopic (exact) mass is 484 g/mol. The molecular weight excluding hydrogens is 466 g/mol. The molecule has 0 spiro atoms. The minimum absolute atomic E-state index is 0. The largest absolute Gasteiger partial charge is 1.00 e. The summed E-state index contributed by atoms with van der Waals surface area (Å²) in [6, 6.07) is 24.1. The van der Waals surface area contributed by atoms with E-state index in [1.54, 1.807) is 21.1 Å². The number of allylic oxidation sites excluding steroid dienone is 8. The Bertz CT molecular complexity index is 903. The van der Waals surface area contributed by atoms with Crippen LogP contribution in [0.15, 0.2) is 102 Å². The van der Waals surface area contributed by atoms with E-state index in [-0.39, 0.29) is 24.8 Å². The first-order valence-electron chi connectivity index (χ1n) is 9.05. The summed E-state index contributed by atoms with van der Waals surface area (Å²) in [4.78, 5) is 0. The Kier molecular flexibility index (Phi) is 6.64. The molecule has 5 rings (SSSR count). The van der Waals surface area contributed by atoms with E-state index in [0.717, 1.165) is 0 Å². The maximum atomic E-state index is 2.51. The molecule has 0 atom stereocenters. The molecule has 134 valence electrons. The molecule has 0 aromatic heterocycles. The van der Waals surface area contributed by atoms with E-state index >= 15 is 0 Å². The van der Waals surface area contributed by atoms with E-state index in [9.17, 15) is 0 Å². The normalized spacial score (nSPS) is 18.5. The van der Waals surface area contributed by atoms with Crippen molar-refractivity contribution in [3.8, 4) is 0 Å². The Morgan fingerprint density at radius 3 is 1.85 bits per heavy atom. The van der Waals surface area contributed by atoms with Crippen molar-refractivity contribution >= 4 is 18.4 Å². The van der Waals surface area contributed by atoms with Gasteiger partial charge in [0.05, 0.1) is 0 Å². The molecule has 3 aliphatic rings. The van der Waals surface area contributed by atoms with Gasteiger partial charge in [-0.05, 0) is 0 Å². The third-order valence-electron chi connectivity index (χ3n) is 5.71. The van der Waals surface area contributed by atoms with E-state index in [0.29, 0.717) is 0 Å². The summed E-state index contributed by atoms with van der Waals surface area (Å²) >= 11 is -0.604. The molecule has 0 saturated carbocycles. The second-order valence-electron chi connectivity index (χ2n) is 7.05. The van der Waals surface area contributed by atoms with Crippen LogP contribution >= 0.6 is 0 Å². The van der Waals surface area contributed by atoms with E-state index in [1.165, 1.54) is 18.9 Å². The van der Waals surface area contributed by atoms with Gasteiger partial charge in [-0.3, -0.25) is 0 Å². The minimum atomic E-state index is -1.97. The molecule has 0 radical (unpaired) electrons. The van der Waals surface area contributed by atoms with E-state index < -0.39 is 31.3 Å². The molecule has 0 fully saturated rings. The molecule has 1 aliphatic heterocycles. The zero-order valence-corrected chi connectivity index (χ0v) is 19.9. The first kappa shape index (κ1) is 20.8. The van der Waals surface area contributed by atoms with Crippen LogP contribution < -0.4 is 35.2 Å². The second kappa shape index (κ2) is 8.62. The fourth-order valence-corrected chi connectivity index (χ4v) is 15.3. The summed E-state index contributed by atoms with van der Waals surface area (Å²) in [5.74, 6) is 0. The molecule has 0 saturated heterocycles. The first-order valence-corrected chi connectivity index (χ1v) is 13.7. The molecule has 0 N–H and O–H groups in total. The van der Waals surface area contributed by atoms with Crippen molar-refractivity contribution in [3.63, 3.8) is 0 Å². The van der Waals surface area contributed by atoms with Crippen LogP contribution in [0, 0.1) is 0 Å². The van der Waals surface area contributed by atoms with Crippen LogP contribution in [0.25, 0.3) is 0 Å². The average molecular weight is 487 g/mol. The molecule has 0 bridgehead atoms. The summed E-state index contributed by atoms with van der Waals surface area (Å²) in [5, 5.41) is 4.90. The van der Waals surface area contributed by atoms with Gasteiger partial charge in [-0.25, -0.2) is 0 Å². The maximum absolute atomic E-state index is 2.51. The molecule has 4 heteroatoms. The van der Waals surface area contributed by atoms with Gasteiger partial charge >= 0.3 is 163 Å². The Labute approximate surface area is 186 Å². The third kappa shape index (κ3) is 3.47. The molecule has 0 amide bonds. The van der Waals surface area contributed by atoms with Crippen molar-refractivity contribution in [2.75, 3.05) is 0 Å². The smallest absolute Gasteiger partial charge is 1.00 e. The van der Waals surface area contributed by atoms with Gasteiger partial charge in [-0.15, -0.1) is 0 Å². The minimum Gasteiger partial charge on any atom is -1.00 e. The van der Waals surface area contributed by atoms with Crippen molar-refractivity contribution in [3.05, 3.63) is 102 Å². The molecule has 27 heavy (non-hydrogen) atoms. The molecule has 2 aliphatic carbocycles. The SMILES string of the molecule is C1=CC2=[C](C1)[Zr+2][C]1=C(C=CC1)[Si](c1ccccc1)(c1ccccc1)C2.[Cl-].[Cl-]. The summed E-state index contributed by atoms with van der Waals surface area (Å²) in [5.41, 5.74) is 1.69. The van der Waals surface area contributed by atoms with Crippen LogP contribution in [0.2, 0.25) is 6.04 Å². The topological polar surface area (TPSA) is 0 Å². The van der Waals surface area contributed by atoms with Crippen molar-refractivity contribution in [1.29, 1.82) is 0 Å². The second-order valence-corrected chi connectivity index (χ2v) is 14.5. The van der Waals surface area contributed by atoms with Gasteiger partial charge in [0.25, 0.3) is 0 Å². The Hall–Kier alpha value is -0.920. The van der Waals surface area contributed by atoms with Crippen molar-refractivity contribution in [1.82, 2.24) is 0 Å². The zero-order chi connectivity index (χ0) is 16.7. The number of rotatable bonds is 2. The van der Waals surface area contributed by atoms with Gasteiger partial charge in [0, 0.05) is 0 Å². The molecular formula is C23H20Cl2SiZr. The van der Waals surface area contributed by atoms with Crippen LogP contribution in [0.1, 0.15) is 12.8 Å². The maximum Gasteiger partial charge on any atom is -1.00 e. The molecule has 0 nitrogen and oxygen atoms in total. The quantitative estimate of drug-likeness (QED) is 0.445. The van der Waals surface area contributed by atoms with E-state index in [4.69, 9.17) is 0 Å². The predicted octanol–water partition coefficient (Wildman–Crippen LogP) is -1.68. The number of halogens is 2. The average Bonchev–Trinajstić information content (AvgIpc) is 3.29. The fourth-order valence-electron chi connectivity index (χ4n) is 4.56. The van der Waals surface area contributed by atoms with E-state index in [1.807, 2.05) is 6.56 Å². The number of hydrogen-bond acceptors (Lipinski definition) is 0. The van der Waals surface area contributed by atoms with Crippen LogP contribution in [0.5, 0.6) is 0 Å². The van der Waals surface area contributed by atoms with Crippen molar-refractivity contribution < 1.29 is 48.0 Å². The fraction of sp³-hybridized carbons (Fsp3) is 0.130. The standard InChI is InChI=1S/C23H20Si.2ClH.Zr/c1-3-13-21(14-4-1)24(23-17-9-10-18-23,19-20-11-7-8-12-20)22-15-5-2-6-16-22;;;/h1-7,9,11,13-17H,8,10,19H2;2*1H;/q;;;+2/p-2. The number of benzene rings is 2. The van der Waals surface area contributed by atoms with Gasteiger partial charge in [0.2, 0.25) is 0 Å². The molecule has 1 heterocycles. The summed E-state index contributed by atoms with van der Waals surface area (Å²) < 4.78 is 3.68. The molecule has 2 aromatic carbocycles. The Morgan fingerprint density at radius 1 is 0.667 bits per heavy atom. The number of hydrogen-bond donors (Lipinski definition) is 0. The Balaban J connectivity index is 0.00000105. The van der Waals surface area contributed by atoms with Gasteiger partial charge in [0.15, 0.2) is 0 Å². The van der Waals surface area contributed by atoms with Gasteiger partial charge in [-0.2, -0.15) is 0 Å². The van der Waals surface area contributed by atoms with Crippen LogP contribution in [-0.2, 0) is 23.2 Å². The van der Waals surface area contributed by atoms with Gasteiger partial charge < -0.3 is 24.8 Å². The van der Waals surface area contributed by atoms with Crippen molar-refractivity contribution in [2.45, 2.75) is 18.9 Å². The van der Waals surface area contributed by atoms with Crippen LogP contribution in [0.4, 0.5) is 0 Å². The van der Waals surface area contributed by atoms with Crippen LogP contribution in [0.3, 0.4) is 0 Å². The summed E-state index contributed by atoms with van der Waals surface area (Å²) in [6.07, 6.45) is 12.3. The molecule has 0 unspecified atom stereocenters. The summed E-state index contributed by atoms with van der Waals surface area (Å²) in [7, 11) is -1.97.